The Morgan fingerprint density at radius 3 is 2.40 bits per heavy atom. The van der Waals surface area contributed by atoms with Crippen LogP contribution in [0, 0.1) is 0 Å². The minimum atomic E-state index is -0.164. The van der Waals surface area contributed by atoms with E-state index in [1.807, 2.05) is 30.3 Å². The van der Waals surface area contributed by atoms with Crippen LogP contribution in [-0.2, 0) is 11.8 Å². The Balaban J connectivity index is 1.63. The van der Waals surface area contributed by atoms with E-state index in [1.165, 1.54) is 11.1 Å². The normalized spacial score (nSPS) is 11.0. The topological polar surface area (TPSA) is 50.4 Å². The van der Waals surface area contributed by atoms with Crippen LogP contribution in [-0.4, -0.2) is 25.7 Å². The van der Waals surface area contributed by atoms with Crippen molar-refractivity contribution < 1.29 is 9.53 Å². The number of nitrogens with one attached hydrogen (secondary N) is 2. The van der Waals surface area contributed by atoms with Gasteiger partial charge in [-0.15, -0.1) is 0 Å². The van der Waals surface area contributed by atoms with Crippen LogP contribution in [0.3, 0.4) is 0 Å². The summed E-state index contributed by atoms with van der Waals surface area (Å²) < 4.78 is 5.72. The summed E-state index contributed by atoms with van der Waals surface area (Å²) in [6, 6.07) is 18.0. The van der Waals surface area contributed by atoms with Gasteiger partial charge in [-0.2, -0.15) is 0 Å². The van der Waals surface area contributed by atoms with E-state index < -0.39 is 0 Å². The first-order valence-corrected chi connectivity index (χ1v) is 8.74. The number of hydrogen-bond donors (Lipinski definition) is 2. The van der Waals surface area contributed by atoms with Crippen molar-refractivity contribution >= 4 is 6.03 Å². The summed E-state index contributed by atoms with van der Waals surface area (Å²) in [6.07, 6.45) is 0.824. The van der Waals surface area contributed by atoms with Gasteiger partial charge in [-0.05, 0) is 35.1 Å². The van der Waals surface area contributed by atoms with Crippen molar-refractivity contribution in [1.29, 1.82) is 0 Å². The molecule has 0 aliphatic rings. The molecule has 0 unspecified atom stereocenters. The molecule has 2 amide bonds. The van der Waals surface area contributed by atoms with Gasteiger partial charge in [0, 0.05) is 6.54 Å². The molecule has 0 aliphatic heterocycles. The number of rotatable bonds is 7. The second-order valence-corrected chi connectivity index (χ2v) is 7.04. The van der Waals surface area contributed by atoms with Crippen molar-refractivity contribution in [3.05, 3.63) is 65.7 Å². The van der Waals surface area contributed by atoms with E-state index in [2.05, 4.69) is 55.7 Å². The Labute approximate surface area is 150 Å². The molecule has 4 heteroatoms. The van der Waals surface area contributed by atoms with Gasteiger partial charge in [-0.3, -0.25) is 0 Å². The molecule has 2 rings (SSSR count). The summed E-state index contributed by atoms with van der Waals surface area (Å²) in [7, 11) is 0. The summed E-state index contributed by atoms with van der Waals surface area (Å²) in [5.41, 5.74) is 2.54. The monoisotopic (exact) mass is 340 g/mol. The third-order valence-electron chi connectivity index (χ3n) is 3.90. The van der Waals surface area contributed by atoms with E-state index in [-0.39, 0.29) is 11.4 Å². The second-order valence-electron chi connectivity index (χ2n) is 7.04. The quantitative estimate of drug-likeness (QED) is 0.751. The standard InChI is InChI=1S/C21H28N2O2/c1-21(2,3)18-10-7-11-19(16-18)25-15-14-23-20(24)22-13-12-17-8-5-4-6-9-17/h4-11,16H,12-15H2,1-3H3,(H2,22,23,24). The first-order valence-electron chi connectivity index (χ1n) is 8.74. The lowest BCUT2D eigenvalue weighted by atomic mass is 9.87. The minimum absolute atomic E-state index is 0.0935. The summed E-state index contributed by atoms with van der Waals surface area (Å²) in [4.78, 5) is 11.8. The molecule has 0 fully saturated rings. The highest BCUT2D eigenvalue weighted by atomic mass is 16.5. The molecule has 0 saturated carbocycles. The molecule has 0 heterocycles. The molecule has 134 valence electrons. The van der Waals surface area contributed by atoms with E-state index >= 15 is 0 Å². The Morgan fingerprint density at radius 2 is 1.68 bits per heavy atom. The maximum atomic E-state index is 11.8. The third-order valence-corrected chi connectivity index (χ3v) is 3.90. The molecule has 0 spiro atoms. The van der Waals surface area contributed by atoms with Crippen molar-refractivity contribution in [2.45, 2.75) is 32.6 Å². The van der Waals surface area contributed by atoms with Gasteiger partial charge < -0.3 is 15.4 Å². The van der Waals surface area contributed by atoms with Crippen LogP contribution >= 0.6 is 0 Å². The number of amides is 2. The lowest BCUT2D eigenvalue weighted by Gasteiger charge is -2.19. The van der Waals surface area contributed by atoms with E-state index in [0.717, 1.165) is 12.2 Å². The van der Waals surface area contributed by atoms with E-state index in [1.54, 1.807) is 0 Å². The SMILES string of the molecule is CC(C)(C)c1cccc(OCCNC(=O)NCCc2ccccc2)c1. The number of hydrogen-bond acceptors (Lipinski definition) is 2. The Bertz CT molecular complexity index is 663. The Kier molecular flexibility index (Phi) is 6.87. The van der Waals surface area contributed by atoms with E-state index in [4.69, 9.17) is 4.74 Å². The van der Waals surface area contributed by atoms with Crippen molar-refractivity contribution in [3.63, 3.8) is 0 Å². The maximum Gasteiger partial charge on any atom is 0.314 e. The summed E-state index contributed by atoms with van der Waals surface area (Å²) >= 11 is 0. The largest absolute Gasteiger partial charge is 0.492 e. The number of urea groups is 1. The Hall–Kier alpha value is -2.49. The highest BCUT2D eigenvalue weighted by Crippen LogP contribution is 2.25. The molecule has 0 radical (unpaired) electrons. The van der Waals surface area contributed by atoms with Gasteiger partial charge in [0.25, 0.3) is 0 Å². The third kappa shape index (κ3) is 6.87. The van der Waals surface area contributed by atoms with Gasteiger partial charge in [0.2, 0.25) is 0 Å². The molecule has 0 saturated heterocycles. The van der Waals surface area contributed by atoms with Gasteiger partial charge in [0.15, 0.2) is 0 Å². The molecule has 2 aromatic carbocycles. The molecular formula is C21H28N2O2. The molecule has 0 aromatic heterocycles. The lowest BCUT2D eigenvalue weighted by Crippen LogP contribution is -2.38. The zero-order valence-corrected chi connectivity index (χ0v) is 15.3. The average Bonchev–Trinajstić information content (AvgIpc) is 2.59. The maximum absolute atomic E-state index is 11.8. The Morgan fingerprint density at radius 1 is 0.960 bits per heavy atom. The molecule has 4 nitrogen and oxygen atoms in total. The van der Waals surface area contributed by atoms with Crippen molar-refractivity contribution in [2.75, 3.05) is 19.7 Å². The fraction of sp³-hybridized carbons (Fsp3) is 0.381. The van der Waals surface area contributed by atoms with Gasteiger partial charge in [0.1, 0.15) is 12.4 Å². The number of benzene rings is 2. The fourth-order valence-electron chi connectivity index (χ4n) is 2.41. The lowest BCUT2D eigenvalue weighted by molar-refractivity contribution is 0.236. The number of ether oxygens (including phenoxy) is 1. The van der Waals surface area contributed by atoms with Gasteiger partial charge in [-0.1, -0.05) is 63.2 Å². The first-order chi connectivity index (χ1) is 11.9. The predicted octanol–water partition coefficient (Wildman–Crippen LogP) is 3.90. The molecule has 2 N–H and O–H groups in total. The average molecular weight is 340 g/mol. The second kappa shape index (κ2) is 9.11. The van der Waals surface area contributed by atoms with Crippen LogP contribution in [0.5, 0.6) is 5.75 Å². The van der Waals surface area contributed by atoms with Crippen LogP contribution in [0.4, 0.5) is 4.79 Å². The smallest absolute Gasteiger partial charge is 0.314 e. The van der Waals surface area contributed by atoms with Crippen LogP contribution in [0.2, 0.25) is 0 Å². The van der Waals surface area contributed by atoms with E-state index in [9.17, 15) is 4.79 Å². The minimum Gasteiger partial charge on any atom is -0.492 e. The van der Waals surface area contributed by atoms with Gasteiger partial charge in [-0.25, -0.2) is 4.79 Å². The van der Waals surface area contributed by atoms with Gasteiger partial charge >= 0.3 is 6.03 Å². The summed E-state index contributed by atoms with van der Waals surface area (Å²) in [5, 5.41) is 5.66. The van der Waals surface area contributed by atoms with Crippen molar-refractivity contribution in [2.24, 2.45) is 0 Å². The highest BCUT2D eigenvalue weighted by molar-refractivity contribution is 5.73. The number of carbonyl (C=O) groups excluding carboxylic acids is 1. The van der Waals surface area contributed by atoms with Gasteiger partial charge in [0.05, 0.1) is 6.54 Å². The van der Waals surface area contributed by atoms with E-state index in [0.29, 0.717) is 19.7 Å². The van der Waals surface area contributed by atoms with Crippen LogP contribution in [0.15, 0.2) is 54.6 Å². The summed E-state index contributed by atoms with van der Waals surface area (Å²) in [5.74, 6) is 0.832. The number of carbonyl (C=O) groups is 1. The first kappa shape index (κ1) is 18.8. The predicted molar refractivity (Wildman–Crippen MR) is 102 cm³/mol. The zero-order chi connectivity index (χ0) is 18.1. The molecule has 0 atom stereocenters. The molecular weight excluding hydrogens is 312 g/mol. The highest BCUT2D eigenvalue weighted by Gasteiger charge is 2.13. The fourth-order valence-corrected chi connectivity index (χ4v) is 2.41. The van der Waals surface area contributed by atoms with Crippen molar-refractivity contribution in [3.8, 4) is 5.75 Å². The van der Waals surface area contributed by atoms with Crippen LogP contribution < -0.4 is 15.4 Å². The molecule has 0 aliphatic carbocycles. The molecule has 0 bridgehead atoms. The zero-order valence-electron chi connectivity index (χ0n) is 15.3. The summed E-state index contributed by atoms with van der Waals surface area (Å²) in [6.45, 7) is 8.05. The van der Waals surface area contributed by atoms with Crippen LogP contribution in [0.25, 0.3) is 0 Å². The molecule has 25 heavy (non-hydrogen) atoms. The molecule has 2 aromatic rings. The van der Waals surface area contributed by atoms with Crippen molar-refractivity contribution in [1.82, 2.24) is 10.6 Å². The van der Waals surface area contributed by atoms with Crippen LogP contribution in [0.1, 0.15) is 31.9 Å².